The number of hydrogen-bond acceptors (Lipinski definition) is 2. The molecule has 0 unspecified atom stereocenters. The van der Waals surface area contributed by atoms with Crippen LogP contribution >= 0.6 is 27.5 Å². The van der Waals surface area contributed by atoms with Crippen molar-refractivity contribution in [1.29, 1.82) is 0 Å². The van der Waals surface area contributed by atoms with Crippen LogP contribution in [0.25, 0.3) is 0 Å². The lowest BCUT2D eigenvalue weighted by atomic mass is 10.1. The summed E-state index contributed by atoms with van der Waals surface area (Å²) in [6, 6.07) is 5.85. The normalized spacial score (nSPS) is 20.3. The third-order valence-electron chi connectivity index (χ3n) is 2.75. The predicted molar refractivity (Wildman–Crippen MR) is 72.5 cm³/mol. The third kappa shape index (κ3) is 3.95. The molecule has 1 fully saturated rings. The first kappa shape index (κ1) is 13.3. The SMILES string of the molecule is CCC[C@@H](OC[C@H]1CO1)c1ccc(Cl)cc1Br. The number of rotatable bonds is 6. The van der Waals surface area contributed by atoms with Crippen LogP contribution in [0.5, 0.6) is 0 Å². The molecule has 94 valence electrons. The molecule has 0 spiro atoms. The quantitative estimate of drug-likeness (QED) is 0.727. The second-order valence-corrected chi connectivity index (χ2v) is 5.52. The van der Waals surface area contributed by atoms with E-state index in [0.29, 0.717) is 12.7 Å². The van der Waals surface area contributed by atoms with Crippen molar-refractivity contribution in [2.75, 3.05) is 13.2 Å². The highest BCUT2D eigenvalue weighted by atomic mass is 79.9. The highest BCUT2D eigenvalue weighted by Crippen LogP contribution is 2.32. The minimum atomic E-state index is 0.121. The number of benzene rings is 1. The lowest BCUT2D eigenvalue weighted by molar-refractivity contribution is 0.0354. The predicted octanol–water partition coefficient (Wildman–Crippen LogP) is 4.36. The molecule has 4 heteroatoms. The first-order valence-corrected chi connectivity index (χ1v) is 7.06. The zero-order valence-electron chi connectivity index (χ0n) is 9.79. The number of hydrogen-bond donors (Lipinski definition) is 0. The van der Waals surface area contributed by atoms with E-state index < -0.39 is 0 Å². The molecular weight excluding hydrogens is 303 g/mol. The van der Waals surface area contributed by atoms with Gasteiger partial charge in [-0.05, 0) is 24.1 Å². The van der Waals surface area contributed by atoms with E-state index in [1.54, 1.807) is 0 Å². The number of epoxide rings is 1. The van der Waals surface area contributed by atoms with Gasteiger partial charge < -0.3 is 9.47 Å². The first-order valence-electron chi connectivity index (χ1n) is 5.89. The van der Waals surface area contributed by atoms with Crippen LogP contribution < -0.4 is 0 Å². The second kappa shape index (κ2) is 6.19. The summed E-state index contributed by atoms with van der Waals surface area (Å²) < 4.78 is 12.1. The Labute approximate surface area is 115 Å². The summed E-state index contributed by atoms with van der Waals surface area (Å²) in [5.74, 6) is 0. The van der Waals surface area contributed by atoms with Gasteiger partial charge in [-0.25, -0.2) is 0 Å². The molecule has 1 aliphatic rings. The Kier molecular flexibility index (Phi) is 4.86. The maximum absolute atomic E-state index is 5.95. The van der Waals surface area contributed by atoms with Crippen LogP contribution in [0.1, 0.15) is 31.4 Å². The summed E-state index contributed by atoms with van der Waals surface area (Å²) >= 11 is 9.49. The maximum atomic E-state index is 5.95. The Morgan fingerprint density at radius 3 is 2.94 bits per heavy atom. The largest absolute Gasteiger partial charge is 0.371 e. The average molecular weight is 320 g/mol. The summed E-state index contributed by atoms with van der Waals surface area (Å²) in [7, 11) is 0. The topological polar surface area (TPSA) is 21.8 Å². The van der Waals surface area contributed by atoms with Crippen LogP contribution in [0.15, 0.2) is 22.7 Å². The summed E-state index contributed by atoms with van der Waals surface area (Å²) in [4.78, 5) is 0. The van der Waals surface area contributed by atoms with Crippen molar-refractivity contribution >= 4 is 27.5 Å². The van der Waals surface area contributed by atoms with E-state index in [9.17, 15) is 0 Å². The van der Waals surface area contributed by atoms with Crippen LogP contribution in [-0.2, 0) is 9.47 Å². The highest BCUT2D eigenvalue weighted by Gasteiger charge is 2.25. The molecule has 0 aliphatic carbocycles. The summed E-state index contributed by atoms with van der Waals surface area (Å²) in [5, 5.41) is 0.737. The van der Waals surface area contributed by atoms with Gasteiger partial charge in [0.2, 0.25) is 0 Å². The molecule has 0 saturated carbocycles. The molecule has 1 aromatic rings. The Morgan fingerprint density at radius 2 is 2.35 bits per heavy atom. The van der Waals surface area contributed by atoms with Crippen molar-refractivity contribution < 1.29 is 9.47 Å². The molecule has 0 bridgehead atoms. The standard InChI is InChI=1S/C13H16BrClO2/c1-2-3-13(17-8-10-7-16-10)11-5-4-9(15)6-12(11)14/h4-6,10,13H,2-3,7-8H2,1H3/t10-,13-/m1/s1. The second-order valence-electron chi connectivity index (χ2n) is 4.23. The molecule has 1 heterocycles. The van der Waals surface area contributed by atoms with Gasteiger partial charge >= 0.3 is 0 Å². The van der Waals surface area contributed by atoms with Gasteiger partial charge in [-0.15, -0.1) is 0 Å². The molecule has 1 aliphatic heterocycles. The molecule has 0 aromatic heterocycles. The fourth-order valence-corrected chi connectivity index (χ4v) is 2.68. The van der Waals surface area contributed by atoms with E-state index in [2.05, 4.69) is 22.9 Å². The fourth-order valence-electron chi connectivity index (χ4n) is 1.74. The lowest BCUT2D eigenvalue weighted by Gasteiger charge is -2.18. The average Bonchev–Trinajstić information content (AvgIpc) is 3.09. The molecule has 2 atom stereocenters. The van der Waals surface area contributed by atoms with Gasteiger partial charge in [0.25, 0.3) is 0 Å². The van der Waals surface area contributed by atoms with Gasteiger partial charge in [0.05, 0.1) is 19.3 Å². The Morgan fingerprint density at radius 1 is 1.59 bits per heavy atom. The van der Waals surface area contributed by atoms with E-state index in [4.69, 9.17) is 21.1 Å². The van der Waals surface area contributed by atoms with Gasteiger partial charge in [-0.3, -0.25) is 0 Å². The Balaban J connectivity index is 2.06. The smallest absolute Gasteiger partial charge is 0.104 e. The zero-order chi connectivity index (χ0) is 12.3. The van der Waals surface area contributed by atoms with Gasteiger partial charge in [-0.1, -0.05) is 46.9 Å². The Bertz CT molecular complexity index is 380. The maximum Gasteiger partial charge on any atom is 0.104 e. The monoisotopic (exact) mass is 318 g/mol. The Hall–Kier alpha value is -0.0900. The highest BCUT2D eigenvalue weighted by molar-refractivity contribution is 9.10. The van der Waals surface area contributed by atoms with E-state index >= 15 is 0 Å². The summed E-state index contributed by atoms with van der Waals surface area (Å²) in [5.41, 5.74) is 1.16. The molecule has 2 rings (SSSR count). The van der Waals surface area contributed by atoms with Gasteiger partial charge in [0, 0.05) is 9.50 Å². The molecule has 17 heavy (non-hydrogen) atoms. The molecule has 1 saturated heterocycles. The molecule has 0 amide bonds. The zero-order valence-corrected chi connectivity index (χ0v) is 12.1. The lowest BCUT2D eigenvalue weighted by Crippen LogP contribution is -2.09. The fraction of sp³-hybridized carbons (Fsp3) is 0.538. The van der Waals surface area contributed by atoms with Crippen molar-refractivity contribution in [3.05, 3.63) is 33.3 Å². The summed E-state index contributed by atoms with van der Waals surface area (Å²) in [6.45, 7) is 3.67. The minimum Gasteiger partial charge on any atom is -0.371 e. The number of ether oxygens (including phenoxy) is 2. The van der Waals surface area contributed by atoms with Gasteiger partial charge in [0.15, 0.2) is 0 Å². The van der Waals surface area contributed by atoms with Crippen molar-refractivity contribution in [3.8, 4) is 0 Å². The van der Waals surface area contributed by atoms with Crippen LogP contribution in [0, 0.1) is 0 Å². The van der Waals surface area contributed by atoms with Crippen molar-refractivity contribution in [3.63, 3.8) is 0 Å². The van der Waals surface area contributed by atoms with E-state index in [1.807, 2.05) is 18.2 Å². The first-order chi connectivity index (χ1) is 8.20. The van der Waals surface area contributed by atoms with Crippen LogP contribution in [0.4, 0.5) is 0 Å². The van der Waals surface area contributed by atoms with Crippen molar-refractivity contribution in [2.24, 2.45) is 0 Å². The van der Waals surface area contributed by atoms with Crippen LogP contribution in [-0.4, -0.2) is 19.3 Å². The van der Waals surface area contributed by atoms with E-state index in [1.165, 1.54) is 0 Å². The summed E-state index contributed by atoms with van der Waals surface area (Å²) in [6.07, 6.45) is 2.52. The number of halogens is 2. The minimum absolute atomic E-state index is 0.121. The van der Waals surface area contributed by atoms with Crippen molar-refractivity contribution in [2.45, 2.75) is 32.0 Å². The molecule has 0 radical (unpaired) electrons. The molecule has 1 aromatic carbocycles. The van der Waals surface area contributed by atoms with Gasteiger partial charge in [0.1, 0.15) is 6.10 Å². The van der Waals surface area contributed by atoms with E-state index in [-0.39, 0.29) is 6.10 Å². The molecule has 2 nitrogen and oxygen atoms in total. The third-order valence-corrected chi connectivity index (χ3v) is 3.67. The van der Waals surface area contributed by atoms with Crippen LogP contribution in [0.2, 0.25) is 5.02 Å². The van der Waals surface area contributed by atoms with Crippen LogP contribution in [0.3, 0.4) is 0 Å². The van der Waals surface area contributed by atoms with Crippen molar-refractivity contribution in [1.82, 2.24) is 0 Å². The molecular formula is C13H16BrClO2. The molecule has 0 N–H and O–H groups in total. The van der Waals surface area contributed by atoms with E-state index in [0.717, 1.165) is 34.5 Å². The van der Waals surface area contributed by atoms with Gasteiger partial charge in [-0.2, -0.15) is 0 Å².